The molecule has 1 N–H and O–H groups in total. The summed E-state index contributed by atoms with van der Waals surface area (Å²) >= 11 is 0. The number of carboxylic acids is 1. The summed E-state index contributed by atoms with van der Waals surface area (Å²) in [6.07, 6.45) is 3.81. The lowest BCUT2D eigenvalue weighted by Gasteiger charge is -2.19. The molecule has 0 aromatic rings. The van der Waals surface area contributed by atoms with Crippen LogP contribution in [0.3, 0.4) is 0 Å². The third-order valence-corrected chi connectivity index (χ3v) is 3.05. The van der Waals surface area contributed by atoms with Crippen molar-refractivity contribution in [1.82, 2.24) is 9.80 Å². The highest BCUT2D eigenvalue weighted by atomic mass is 16.4. The predicted molar refractivity (Wildman–Crippen MR) is 53.3 cm³/mol. The normalized spacial score (nSPS) is 26.0. The molecule has 2 fully saturated rings. The fourth-order valence-corrected chi connectivity index (χ4v) is 2.15. The van der Waals surface area contributed by atoms with Gasteiger partial charge in [0.25, 0.3) is 0 Å². The summed E-state index contributed by atoms with van der Waals surface area (Å²) < 4.78 is 0. The molecule has 80 valence electrons. The minimum Gasteiger partial charge on any atom is -0.480 e. The summed E-state index contributed by atoms with van der Waals surface area (Å²) in [6, 6.07) is 0.819. The van der Waals surface area contributed by atoms with Gasteiger partial charge in [-0.3, -0.25) is 14.6 Å². The summed E-state index contributed by atoms with van der Waals surface area (Å²) in [5.41, 5.74) is 0. The largest absolute Gasteiger partial charge is 0.480 e. The Hall–Kier alpha value is -0.610. The van der Waals surface area contributed by atoms with E-state index in [4.69, 9.17) is 5.11 Å². The Kier molecular flexibility index (Phi) is 3.03. The predicted octanol–water partition coefficient (Wildman–Crippen LogP) is 0.241. The molecule has 1 saturated carbocycles. The quantitative estimate of drug-likeness (QED) is 0.705. The lowest BCUT2D eigenvalue weighted by Crippen LogP contribution is -2.34. The van der Waals surface area contributed by atoms with Crippen LogP contribution in [0, 0.1) is 0 Å². The number of aliphatic carboxylic acids is 1. The number of rotatable bonds is 3. The van der Waals surface area contributed by atoms with Crippen LogP contribution in [0.5, 0.6) is 0 Å². The minimum absolute atomic E-state index is 0.207. The maximum absolute atomic E-state index is 10.6. The van der Waals surface area contributed by atoms with Crippen LogP contribution in [-0.2, 0) is 4.79 Å². The zero-order valence-electron chi connectivity index (χ0n) is 8.48. The first-order valence-electron chi connectivity index (χ1n) is 5.44. The number of carboxylic acid groups (broad SMARTS) is 1. The van der Waals surface area contributed by atoms with Gasteiger partial charge in [0, 0.05) is 25.7 Å². The molecular weight excluding hydrogens is 180 g/mol. The zero-order valence-corrected chi connectivity index (χ0v) is 8.48. The third kappa shape index (κ3) is 2.69. The van der Waals surface area contributed by atoms with Crippen molar-refractivity contribution >= 4 is 5.97 Å². The number of nitrogens with zero attached hydrogens (tertiary/aromatic N) is 2. The summed E-state index contributed by atoms with van der Waals surface area (Å²) in [5.74, 6) is -0.704. The van der Waals surface area contributed by atoms with Crippen LogP contribution >= 0.6 is 0 Å². The molecule has 0 bridgehead atoms. The average molecular weight is 198 g/mol. The molecule has 1 heterocycles. The Labute approximate surface area is 84.5 Å². The second kappa shape index (κ2) is 4.28. The van der Waals surface area contributed by atoms with Crippen LogP contribution in [0.15, 0.2) is 0 Å². The van der Waals surface area contributed by atoms with Gasteiger partial charge in [0.2, 0.25) is 0 Å². The minimum atomic E-state index is -0.704. The first kappa shape index (κ1) is 9.93. The molecule has 2 aliphatic rings. The smallest absolute Gasteiger partial charge is 0.317 e. The van der Waals surface area contributed by atoms with E-state index in [2.05, 4.69) is 4.90 Å². The maximum atomic E-state index is 10.6. The van der Waals surface area contributed by atoms with Gasteiger partial charge in [0.15, 0.2) is 0 Å². The fraction of sp³-hybridized carbons (Fsp3) is 0.900. The Morgan fingerprint density at radius 2 is 2.00 bits per heavy atom. The van der Waals surface area contributed by atoms with Gasteiger partial charge < -0.3 is 5.11 Å². The van der Waals surface area contributed by atoms with E-state index in [1.807, 2.05) is 4.90 Å². The average Bonchev–Trinajstić information content (AvgIpc) is 2.86. The van der Waals surface area contributed by atoms with Crippen molar-refractivity contribution in [2.75, 3.05) is 32.7 Å². The van der Waals surface area contributed by atoms with Crippen molar-refractivity contribution in [3.05, 3.63) is 0 Å². The van der Waals surface area contributed by atoms with Crippen molar-refractivity contribution in [2.45, 2.75) is 25.3 Å². The van der Waals surface area contributed by atoms with E-state index < -0.39 is 5.97 Å². The van der Waals surface area contributed by atoms with Gasteiger partial charge in [-0.15, -0.1) is 0 Å². The van der Waals surface area contributed by atoms with Crippen LogP contribution in [0.1, 0.15) is 19.3 Å². The summed E-state index contributed by atoms with van der Waals surface area (Å²) in [7, 11) is 0. The molecule has 0 spiro atoms. The zero-order chi connectivity index (χ0) is 9.97. The van der Waals surface area contributed by atoms with Crippen LogP contribution < -0.4 is 0 Å². The molecule has 2 rings (SSSR count). The van der Waals surface area contributed by atoms with Crippen LogP contribution in [0.4, 0.5) is 0 Å². The Balaban J connectivity index is 1.78. The summed E-state index contributed by atoms with van der Waals surface area (Å²) in [5, 5.41) is 8.69. The molecule has 4 heteroatoms. The number of carbonyl (C=O) groups is 1. The third-order valence-electron chi connectivity index (χ3n) is 3.05. The Morgan fingerprint density at radius 1 is 1.21 bits per heavy atom. The van der Waals surface area contributed by atoms with Gasteiger partial charge in [-0.2, -0.15) is 0 Å². The number of hydrogen-bond acceptors (Lipinski definition) is 3. The lowest BCUT2D eigenvalue weighted by molar-refractivity contribution is -0.138. The lowest BCUT2D eigenvalue weighted by atomic mass is 10.4. The van der Waals surface area contributed by atoms with Crippen LogP contribution in [0.2, 0.25) is 0 Å². The molecule has 1 aliphatic carbocycles. The van der Waals surface area contributed by atoms with Gasteiger partial charge in [-0.05, 0) is 25.8 Å². The molecular formula is C10H18N2O2. The van der Waals surface area contributed by atoms with E-state index in [0.717, 1.165) is 38.6 Å². The van der Waals surface area contributed by atoms with Crippen molar-refractivity contribution in [1.29, 1.82) is 0 Å². The molecule has 0 aromatic carbocycles. The molecule has 1 saturated heterocycles. The fourth-order valence-electron chi connectivity index (χ4n) is 2.15. The highest BCUT2D eigenvalue weighted by molar-refractivity contribution is 5.69. The molecule has 0 unspecified atom stereocenters. The first-order valence-corrected chi connectivity index (χ1v) is 5.44. The van der Waals surface area contributed by atoms with Crippen molar-refractivity contribution in [2.24, 2.45) is 0 Å². The van der Waals surface area contributed by atoms with Crippen LogP contribution in [0.25, 0.3) is 0 Å². The molecule has 0 radical (unpaired) electrons. The van der Waals surface area contributed by atoms with E-state index in [0.29, 0.717) is 0 Å². The molecule has 0 atom stereocenters. The van der Waals surface area contributed by atoms with Crippen LogP contribution in [-0.4, -0.2) is 59.6 Å². The highest BCUT2D eigenvalue weighted by Gasteiger charge is 2.30. The summed E-state index contributed by atoms with van der Waals surface area (Å²) in [6.45, 7) is 4.27. The number of hydrogen-bond donors (Lipinski definition) is 1. The second-order valence-electron chi connectivity index (χ2n) is 4.29. The van der Waals surface area contributed by atoms with E-state index in [9.17, 15) is 4.79 Å². The molecule has 1 aliphatic heterocycles. The molecule has 4 nitrogen and oxygen atoms in total. The SMILES string of the molecule is O=C(O)CN1CCCN(C2CC2)CC1. The van der Waals surface area contributed by atoms with Crippen molar-refractivity contribution in [3.8, 4) is 0 Å². The monoisotopic (exact) mass is 198 g/mol. The molecule has 0 aromatic heterocycles. The van der Waals surface area contributed by atoms with Gasteiger partial charge in [0.1, 0.15) is 0 Å². The van der Waals surface area contributed by atoms with Gasteiger partial charge in [-0.25, -0.2) is 0 Å². The highest BCUT2D eigenvalue weighted by Crippen LogP contribution is 2.27. The maximum Gasteiger partial charge on any atom is 0.317 e. The Bertz CT molecular complexity index is 216. The van der Waals surface area contributed by atoms with E-state index in [1.54, 1.807) is 0 Å². The standard InChI is InChI=1S/C10H18N2O2/c13-10(14)8-11-4-1-5-12(7-6-11)9-2-3-9/h9H,1-8H2,(H,13,14). The molecule has 0 amide bonds. The van der Waals surface area contributed by atoms with E-state index in [1.165, 1.54) is 12.8 Å². The summed E-state index contributed by atoms with van der Waals surface area (Å²) in [4.78, 5) is 15.1. The van der Waals surface area contributed by atoms with Gasteiger partial charge in [0.05, 0.1) is 6.54 Å². The molecule has 14 heavy (non-hydrogen) atoms. The Morgan fingerprint density at radius 3 is 2.64 bits per heavy atom. The van der Waals surface area contributed by atoms with Gasteiger partial charge in [-0.1, -0.05) is 0 Å². The van der Waals surface area contributed by atoms with E-state index >= 15 is 0 Å². The second-order valence-corrected chi connectivity index (χ2v) is 4.29. The van der Waals surface area contributed by atoms with Crippen molar-refractivity contribution < 1.29 is 9.90 Å². The topological polar surface area (TPSA) is 43.8 Å². The van der Waals surface area contributed by atoms with Gasteiger partial charge >= 0.3 is 5.97 Å². The van der Waals surface area contributed by atoms with Crippen molar-refractivity contribution in [3.63, 3.8) is 0 Å². The van der Waals surface area contributed by atoms with E-state index in [-0.39, 0.29) is 6.54 Å². The first-order chi connectivity index (χ1) is 6.75.